The van der Waals surface area contributed by atoms with Gasteiger partial charge in [0.15, 0.2) is 0 Å². The van der Waals surface area contributed by atoms with E-state index in [2.05, 4.69) is 24.3 Å². The van der Waals surface area contributed by atoms with Crippen molar-refractivity contribution in [3.63, 3.8) is 0 Å². The standard InChI is InChI=1S/C15H25FNO2P/c1-17(2)20(16,18)19-14-10-5-3-4-7-11-15-12-8-6-9-13-15/h6,8-9,12-13H,3-5,7,10-11,14H2,1-2H3. The Balaban J connectivity index is 1.97. The van der Waals surface area contributed by atoms with Crippen LogP contribution in [0.25, 0.3) is 0 Å². The highest BCUT2D eigenvalue weighted by Crippen LogP contribution is 2.50. The van der Waals surface area contributed by atoms with Crippen molar-refractivity contribution in [2.75, 3.05) is 20.7 Å². The van der Waals surface area contributed by atoms with E-state index in [4.69, 9.17) is 4.52 Å². The van der Waals surface area contributed by atoms with Gasteiger partial charge in [-0.05, 0) is 38.9 Å². The maximum Gasteiger partial charge on any atom is 0.444 e. The van der Waals surface area contributed by atoms with E-state index in [1.165, 1.54) is 26.1 Å². The third-order valence-electron chi connectivity index (χ3n) is 3.18. The maximum atomic E-state index is 13.3. The summed E-state index contributed by atoms with van der Waals surface area (Å²) >= 11 is 0. The van der Waals surface area contributed by atoms with Gasteiger partial charge in [-0.15, -0.1) is 4.20 Å². The molecule has 1 unspecified atom stereocenters. The van der Waals surface area contributed by atoms with Crippen LogP contribution in [0.4, 0.5) is 4.20 Å². The van der Waals surface area contributed by atoms with Gasteiger partial charge in [0.05, 0.1) is 6.61 Å². The van der Waals surface area contributed by atoms with Gasteiger partial charge in [-0.2, -0.15) is 0 Å². The number of unbranched alkanes of at least 4 members (excludes halogenated alkanes) is 4. The molecule has 1 atom stereocenters. The molecular weight excluding hydrogens is 276 g/mol. The lowest BCUT2D eigenvalue weighted by molar-refractivity contribution is 0.244. The molecule has 1 aromatic carbocycles. The number of halogens is 1. The molecule has 5 heteroatoms. The van der Waals surface area contributed by atoms with Gasteiger partial charge in [-0.3, -0.25) is 4.52 Å². The molecule has 0 heterocycles. The Morgan fingerprint density at radius 3 is 2.30 bits per heavy atom. The van der Waals surface area contributed by atoms with Crippen LogP contribution in [0.5, 0.6) is 0 Å². The highest BCUT2D eigenvalue weighted by atomic mass is 31.2. The summed E-state index contributed by atoms with van der Waals surface area (Å²) in [6.07, 6.45) is 6.29. The van der Waals surface area contributed by atoms with Gasteiger partial charge in [0.1, 0.15) is 0 Å². The van der Waals surface area contributed by atoms with E-state index < -0.39 is 7.83 Å². The van der Waals surface area contributed by atoms with Crippen LogP contribution >= 0.6 is 7.83 Å². The molecule has 0 spiro atoms. The highest BCUT2D eigenvalue weighted by Gasteiger charge is 2.24. The Hall–Kier alpha value is -0.700. The van der Waals surface area contributed by atoms with Crippen LogP contribution < -0.4 is 0 Å². The molecule has 114 valence electrons. The molecule has 0 saturated carbocycles. The van der Waals surface area contributed by atoms with Gasteiger partial charge < -0.3 is 0 Å². The third kappa shape index (κ3) is 7.18. The van der Waals surface area contributed by atoms with Crippen molar-refractivity contribution in [3.05, 3.63) is 35.9 Å². The highest BCUT2D eigenvalue weighted by molar-refractivity contribution is 7.50. The fourth-order valence-electron chi connectivity index (χ4n) is 1.90. The van der Waals surface area contributed by atoms with Gasteiger partial charge in [0.2, 0.25) is 0 Å². The summed E-state index contributed by atoms with van der Waals surface area (Å²) in [5.74, 6) is 0. The van der Waals surface area contributed by atoms with E-state index in [0.717, 1.165) is 36.8 Å². The van der Waals surface area contributed by atoms with Crippen LogP contribution in [0.3, 0.4) is 0 Å². The molecule has 0 amide bonds. The number of hydrogen-bond donors (Lipinski definition) is 0. The fraction of sp³-hybridized carbons (Fsp3) is 0.600. The van der Waals surface area contributed by atoms with Crippen LogP contribution in [-0.4, -0.2) is 25.4 Å². The minimum atomic E-state index is -4.03. The van der Waals surface area contributed by atoms with Crippen LogP contribution in [-0.2, 0) is 15.5 Å². The molecule has 0 aromatic heterocycles. The molecule has 1 aromatic rings. The zero-order valence-corrected chi connectivity index (χ0v) is 13.3. The van der Waals surface area contributed by atoms with Crippen LogP contribution in [0.1, 0.15) is 37.7 Å². The number of benzene rings is 1. The number of rotatable bonds is 10. The molecule has 20 heavy (non-hydrogen) atoms. The zero-order chi connectivity index (χ0) is 14.8. The Labute approximate surface area is 121 Å². The van der Waals surface area contributed by atoms with E-state index in [-0.39, 0.29) is 6.61 Å². The Bertz CT molecular complexity index is 412. The smallest absolute Gasteiger partial charge is 0.293 e. The summed E-state index contributed by atoms with van der Waals surface area (Å²) in [6, 6.07) is 10.4. The van der Waals surface area contributed by atoms with Crippen molar-refractivity contribution in [1.82, 2.24) is 4.67 Å². The van der Waals surface area contributed by atoms with Gasteiger partial charge in [0.25, 0.3) is 0 Å². The molecular formula is C15H25FNO2P. The lowest BCUT2D eigenvalue weighted by Crippen LogP contribution is -2.08. The van der Waals surface area contributed by atoms with Gasteiger partial charge in [-0.1, -0.05) is 49.6 Å². The molecule has 1 rings (SSSR count). The molecule has 0 aliphatic heterocycles. The Morgan fingerprint density at radius 2 is 1.65 bits per heavy atom. The normalized spacial score (nSPS) is 14.4. The van der Waals surface area contributed by atoms with Gasteiger partial charge >= 0.3 is 7.83 Å². The molecule has 0 aliphatic rings. The summed E-state index contributed by atoms with van der Waals surface area (Å²) < 4.78 is 30.3. The summed E-state index contributed by atoms with van der Waals surface area (Å²) in [7, 11) is -1.19. The van der Waals surface area contributed by atoms with Crippen molar-refractivity contribution in [1.29, 1.82) is 0 Å². The second-order valence-corrected chi connectivity index (χ2v) is 7.10. The number of hydrogen-bond acceptors (Lipinski definition) is 2. The molecule has 3 nitrogen and oxygen atoms in total. The van der Waals surface area contributed by atoms with E-state index in [0.29, 0.717) is 0 Å². The predicted molar refractivity (Wildman–Crippen MR) is 81.6 cm³/mol. The van der Waals surface area contributed by atoms with Crippen LogP contribution in [0.15, 0.2) is 30.3 Å². The monoisotopic (exact) mass is 301 g/mol. The second kappa shape index (κ2) is 9.28. The van der Waals surface area contributed by atoms with Crippen molar-refractivity contribution in [3.8, 4) is 0 Å². The average molecular weight is 301 g/mol. The van der Waals surface area contributed by atoms with Crippen molar-refractivity contribution in [2.45, 2.75) is 38.5 Å². The minimum absolute atomic E-state index is 0.227. The summed E-state index contributed by atoms with van der Waals surface area (Å²) in [5, 5.41) is 0. The van der Waals surface area contributed by atoms with E-state index in [1.807, 2.05) is 6.07 Å². The van der Waals surface area contributed by atoms with E-state index >= 15 is 0 Å². The lowest BCUT2D eigenvalue weighted by Gasteiger charge is -2.15. The maximum absolute atomic E-state index is 13.3. The first kappa shape index (κ1) is 17.4. The van der Waals surface area contributed by atoms with Crippen molar-refractivity contribution in [2.24, 2.45) is 0 Å². The molecule has 0 aliphatic carbocycles. The molecule has 0 radical (unpaired) electrons. The topological polar surface area (TPSA) is 29.5 Å². The largest absolute Gasteiger partial charge is 0.444 e. The second-order valence-electron chi connectivity index (χ2n) is 5.14. The number of nitrogens with zero attached hydrogens (tertiary/aromatic N) is 1. The summed E-state index contributed by atoms with van der Waals surface area (Å²) in [5.41, 5.74) is 1.38. The molecule has 0 N–H and O–H groups in total. The first-order chi connectivity index (χ1) is 9.52. The van der Waals surface area contributed by atoms with E-state index in [9.17, 15) is 8.76 Å². The van der Waals surface area contributed by atoms with Crippen LogP contribution in [0.2, 0.25) is 0 Å². The lowest BCUT2D eigenvalue weighted by atomic mass is 10.1. The summed E-state index contributed by atoms with van der Waals surface area (Å²) in [6.45, 7) is 0.227. The minimum Gasteiger partial charge on any atom is -0.293 e. The van der Waals surface area contributed by atoms with Crippen molar-refractivity contribution < 1.29 is 13.3 Å². The quantitative estimate of drug-likeness (QED) is 0.457. The molecule has 0 bridgehead atoms. The fourth-order valence-corrected chi connectivity index (χ4v) is 2.48. The average Bonchev–Trinajstić information content (AvgIpc) is 2.42. The number of aryl methyl sites for hydroxylation is 1. The van der Waals surface area contributed by atoms with Gasteiger partial charge in [0, 0.05) is 0 Å². The van der Waals surface area contributed by atoms with Gasteiger partial charge in [-0.25, -0.2) is 9.24 Å². The SMILES string of the molecule is CN(C)P(=O)(F)OCCCCCCCc1ccccc1. The Kier molecular flexibility index (Phi) is 8.05. The first-order valence-electron chi connectivity index (χ1n) is 7.18. The third-order valence-corrected chi connectivity index (χ3v) is 4.64. The molecule has 0 saturated heterocycles. The van der Waals surface area contributed by atoms with Crippen molar-refractivity contribution >= 4 is 7.83 Å². The predicted octanol–water partition coefficient (Wildman–Crippen LogP) is 4.84. The van der Waals surface area contributed by atoms with E-state index in [1.54, 1.807) is 0 Å². The molecule has 0 fully saturated rings. The first-order valence-corrected chi connectivity index (χ1v) is 8.65. The zero-order valence-electron chi connectivity index (χ0n) is 12.4. The Morgan fingerprint density at radius 1 is 1.05 bits per heavy atom. The summed E-state index contributed by atoms with van der Waals surface area (Å²) in [4.78, 5) is 0. The van der Waals surface area contributed by atoms with Crippen LogP contribution in [0, 0.1) is 0 Å².